The van der Waals surface area contributed by atoms with Gasteiger partial charge in [-0.05, 0) is 24.3 Å². The summed E-state index contributed by atoms with van der Waals surface area (Å²) in [7, 11) is 1.57. The Morgan fingerprint density at radius 2 is 2.08 bits per heavy atom. The number of benzene rings is 1. The summed E-state index contributed by atoms with van der Waals surface area (Å²) < 4.78 is 4.93. The van der Waals surface area contributed by atoms with Crippen molar-refractivity contribution in [1.82, 2.24) is 0 Å². The first kappa shape index (κ1) is 9.25. The molecule has 1 aromatic rings. The van der Waals surface area contributed by atoms with Gasteiger partial charge in [-0.2, -0.15) is 0 Å². The normalized spacial score (nSPS) is 10.2. The van der Waals surface area contributed by atoms with Crippen LogP contribution in [0, 0.1) is 0 Å². The number of ether oxygens (including phenoxy) is 1. The van der Waals surface area contributed by atoms with Crippen LogP contribution in [0.2, 0.25) is 0 Å². The van der Waals surface area contributed by atoms with Gasteiger partial charge in [-0.25, -0.2) is 9.79 Å². The molecule has 4 nitrogen and oxygen atoms in total. The zero-order chi connectivity index (χ0) is 9.68. The third-order valence-corrected chi connectivity index (χ3v) is 1.40. The topological polar surface area (TPSA) is 58.9 Å². The molecule has 0 unspecified atom stereocenters. The van der Waals surface area contributed by atoms with Gasteiger partial charge in [-0.1, -0.05) is 0 Å². The Morgan fingerprint density at radius 1 is 1.46 bits per heavy atom. The van der Waals surface area contributed by atoms with E-state index >= 15 is 0 Å². The predicted molar refractivity (Wildman–Crippen MR) is 48.8 cm³/mol. The Hall–Kier alpha value is -1.84. The van der Waals surface area contributed by atoms with Crippen molar-refractivity contribution in [2.45, 2.75) is 0 Å². The van der Waals surface area contributed by atoms with E-state index in [9.17, 15) is 4.79 Å². The van der Waals surface area contributed by atoms with E-state index in [4.69, 9.17) is 9.84 Å². The van der Waals surface area contributed by atoms with Gasteiger partial charge in [0.1, 0.15) is 12.0 Å². The second-order valence-electron chi connectivity index (χ2n) is 2.29. The van der Waals surface area contributed by atoms with Crippen molar-refractivity contribution in [3.05, 3.63) is 24.3 Å². The largest absolute Gasteiger partial charge is 0.497 e. The maximum atomic E-state index is 10.1. The van der Waals surface area contributed by atoms with E-state index in [1.807, 2.05) is 0 Å². The molecule has 0 aliphatic heterocycles. The van der Waals surface area contributed by atoms with Crippen molar-refractivity contribution in [2.24, 2.45) is 4.99 Å². The molecule has 1 aromatic carbocycles. The molecule has 0 atom stereocenters. The highest BCUT2D eigenvalue weighted by Gasteiger charge is 1.92. The zero-order valence-corrected chi connectivity index (χ0v) is 7.10. The molecule has 0 saturated heterocycles. The molecule has 0 bridgehead atoms. The zero-order valence-electron chi connectivity index (χ0n) is 7.10. The molecule has 0 radical (unpaired) electrons. The summed E-state index contributed by atoms with van der Waals surface area (Å²) in [5.41, 5.74) is 0.586. The van der Waals surface area contributed by atoms with Crippen LogP contribution >= 0.6 is 0 Å². The van der Waals surface area contributed by atoms with Crippen LogP contribution in [0.25, 0.3) is 0 Å². The molecular weight excluding hydrogens is 170 g/mol. The summed E-state index contributed by atoms with van der Waals surface area (Å²) in [6, 6.07) is 6.79. The van der Waals surface area contributed by atoms with Gasteiger partial charge in [0.2, 0.25) is 0 Å². The van der Waals surface area contributed by atoms with Gasteiger partial charge in [0.25, 0.3) is 0 Å². The SMILES string of the molecule is COc1ccc(/N=C/C(=O)O)cc1. The monoisotopic (exact) mass is 179 g/mol. The fourth-order valence-corrected chi connectivity index (χ4v) is 0.798. The van der Waals surface area contributed by atoms with E-state index in [0.717, 1.165) is 6.21 Å². The fourth-order valence-electron chi connectivity index (χ4n) is 0.798. The van der Waals surface area contributed by atoms with Crippen LogP contribution in [0.1, 0.15) is 0 Å². The van der Waals surface area contributed by atoms with E-state index in [1.165, 1.54) is 0 Å². The first-order valence-electron chi connectivity index (χ1n) is 3.63. The third kappa shape index (κ3) is 2.94. The summed E-state index contributed by atoms with van der Waals surface area (Å²) in [5, 5.41) is 8.30. The van der Waals surface area contributed by atoms with E-state index in [-0.39, 0.29) is 0 Å². The Labute approximate surface area is 75.5 Å². The number of aliphatic imine (C=N–C) groups is 1. The number of carboxylic acid groups (broad SMARTS) is 1. The molecular formula is C9H9NO3. The number of aliphatic carboxylic acids is 1. The van der Waals surface area contributed by atoms with Crippen molar-refractivity contribution in [1.29, 1.82) is 0 Å². The molecule has 0 amide bonds. The molecule has 1 rings (SSSR count). The lowest BCUT2D eigenvalue weighted by molar-refractivity contribution is -0.128. The van der Waals surface area contributed by atoms with Crippen LogP contribution in [0.4, 0.5) is 5.69 Å². The highest BCUT2D eigenvalue weighted by atomic mass is 16.5. The molecule has 0 heterocycles. The highest BCUT2D eigenvalue weighted by molar-refractivity contribution is 6.22. The Morgan fingerprint density at radius 3 is 2.54 bits per heavy atom. The molecule has 0 saturated carbocycles. The lowest BCUT2D eigenvalue weighted by Crippen LogP contribution is -1.93. The summed E-state index contributed by atoms with van der Waals surface area (Å²) >= 11 is 0. The molecule has 13 heavy (non-hydrogen) atoms. The van der Waals surface area contributed by atoms with Gasteiger partial charge in [0, 0.05) is 0 Å². The van der Waals surface area contributed by atoms with Gasteiger partial charge in [0.15, 0.2) is 0 Å². The minimum atomic E-state index is -1.06. The molecule has 0 spiro atoms. The Bertz CT molecular complexity index is 316. The highest BCUT2D eigenvalue weighted by Crippen LogP contribution is 2.16. The minimum absolute atomic E-state index is 0.586. The van der Waals surface area contributed by atoms with Crippen molar-refractivity contribution in [3.8, 4) is 5.75 Å². The summed E-state index contributed by atoms with van der Waals surface area (Å²) in [6.07, 6.45) is 0.849. The van der Waals surface area contributed by atoms with Crippen LogP contribution < -0.4 is 4.74 Å². The van der Waals surface area contributed by atoms with Crippen molar-refractivity contribution < 1.29 is 14.6 Å². The number of methoxy groups -OCH3 is 1. The summed E-state index contributed by atoms with van der Waals surface area (Å²) in [5.74, 6) is -0.343. The lowest BCUT2D eigenvalue weighted by Gasteiger charge is -1.97. The van der Waals surface area contributed by atoms with Crippen LogP contribution in [0.15, 0.2) is 29.3 Å². The van der Waals surface area contributed by atoms with Crippen LogP contribution in [-0.4, -0.2) is 24.4 Å². The van der Waals surface area contributed by atoms with E-state index in [0.29, 0.717) is 11.4 Å². The number of rotatable bonds is 3. The quantitative estimate of drug-likeness (QED) is 0.715. The van der Waals surface area contributed by atoms with Gasteiger partial charge in [0.05, 0.1) is 12.8 Å². The number of hydrogen-bond acceptors (Lipinski definition) is 3. The second kappa shape index (κ2) is 4.25. The van der Waals surface area contributed by atoms with Crippen molar-refractivity contribution in [3.63, 3.8) is 0 Å². The van der Waals surface area contributed by atoms with Gasteiger partial charge >= 0.3 is 5.97 Å². The summed E-state index contributed by atoms with van der Waals surface area (Å²) in [6.45, 7) is 0. The average molecular weight is 179 g/mol. The van der Waals surface area contributed by atoms with Crippen LogP contribution in [-0.2, 0) is 4.79 Å². The molecule has 4 heteroatoms. The number of carboxylic acids is 1. The molecule has 0 aliphatic carbocycles. The number of nitrogens with zero attached hydrogens (tertiary/aromatic N) is 1. The van der Waals surface area contributed by atoms with Gasteiger partial charge in [-0.3, -0.25) is 0 Å². The Kier molecular flexibility index (Phi) is 3.03. The molecule has 1 N–H and O–H groups in total. The molecule has 68 valence electrons. The maximum Gasteiger partial charge on any atom is 0.346 e. The van der Waals surface area contributed by atoms with E-state index < -0.39 is 5.97 Å². The fraction of sp³-hybridized carbons (Fsp3) is 0.111. The first-order chi connectivity index (χ1) is 6.22. The predicted octanol–water partition coefficient (Wildman–Crippen LogP) is 1.48. The number of hydrogen-bond donors (Lipinski definition) is 1. The average Bonchev–Trinajstić information content (AvgIpc) is 2.15. The third-order valence-electron chi connectivity index (χ3n) is 1.40. The van der Waals surface area contributed by atoms with E-state index in [1.54, 1.807) is 31.4 Å². The van der Waals surface area contributed by atoms with Gasteiger partial charge in [-0.15, -0.1) is 0 Å². The van der Waals surface area contributed by atoms with Crippen LogP contribution in [0.5, 0.6) is 5.75 Å². The molecule has 0 aromatic heterocycles. The standard InChI is InChI=1S/C9H9NO3/c1-13-8-4-2-7(3-5-8)10-6-9(11)12/h2-6H,1H3,(H,11,12)/b10-6+. The second-order valence-corrected chi connectivity index (χ2v) is 2.29. The number of carbonyl (C=O) groups is 1. The van der Waals surface area contributed by atoms with Crippen LogP contribution in [0.3, 0.4) is 0 Å². The first-order valence-corrected chi connectivity index (χ1v) is 3.63. The minimum Gasteiger partial charge on any atom is -0.497 e. The van der Waals surface area contributed by atoms with Gasteiger partial charge < -0.3 is 9.84 Å². The van der Waals surface area contributed by atoms with Crippen molar-refractivity contribution in [2.75, 3.05) is 7.11 Å². The van der Waals surface area contributed by atoms with Crippen molar-refractivity contribution >= 4 is 17.9 Å². The maximum absolute atomic E-state index is 10.1. The van der Waals surface area contributed by atoms with E-state index in [2.05, 4.69) is 4.99 Å². The Balaban J connectivity index is 2.75. The smallest absolute Gasteiger partial charge is 0.346 e. The lowest BCUT2D eigenvalue weighted by atomic mass is 10.3. The summed E-state index contributed by atoms with van der Waals surface area (Å²) in [4.78, 5) is 13.8. The molecule has 0 fully saturated rings. The molecule has 0 aliphatic rings.